The van der Waals surface area contributed by atoms with Gasteiger partial charge in [-0.2, -0.15) is 0 Å². The van der Waals surface area contributed by atoms with Gasteiger partial charge in [0.15, 0.2) is 11.0 Å². The molecular weight excluding hydrogens is 406 g/mol. The molecule has 1 atom stereocenters. The number of aryl methyl sites for hydroxylation is 1. The van der Waals surface area contributed by atoms with E-state index in [1.54, 1.807) is 12.4 Å². The molecule has 1 aliphatic rings. The van der Waals surface area contributed by atoms with Crippen molar-refractivity contribution in [2.24, 2.45) is 0 Å². The van der Waals surface area contributed by atoms with Crippen LogP contribution < -0.4 is 5.32 Å². The van der Waals surface area contributed by atoms with Gasteiger partial charge in [0.25, 0.3) is 0 Å². The Labute approximate surface area is 184 Å². The van der Waals surface area contributed by atoms with Gasteiger partial charge < -0.3 is 5.32 Å². The van der Waals surface area contributed by atoms with Crippen LogP contribution in [0.2, 0.25) is 0 Å². The molecule has 2 aromatic carbocycles. The summed E-state index contributed by atoms with van der Waals surface area (Å²) in [6.07, 6.45) is 5.09. The SMILES string of the molecule is O=C1Nc2ccccc2CC[C@H]1Sc1nnc(-c2ccncc2)n1Cc1ccccc1. The molecule has 2 aromatic heterocycles. The number of benzene rings is 2. The zero-order valence-corrected chi connectivity index (χ0v) is 17.6. The average molecular weight is 428 g/mol. The molecule has 0 saturated heterocycles. The van der Waals surface area contributed by atoms with E-state index in [4.69, 9.17) is 0 Å². The molecule has 6 nitrogen and oxygen atoms in total. The fourth-order valence-electron chi connectivity index (χ4n) is 3.73. The maximum atomic E-state index is 12.9. The third-order valence-electron chi connectivity index (χ3n) is 5.33. The van der Waals surface area contributed by atoms with Crippen LogP contribution in [0.4, 0.5) is 5.69 Å². The predicted octanol–water partition coefficient (Wildman–Crippen LogP) is 4.43. The van der Waals surface area contributed by atoms with E-state index in [2.05, 4.69) is 43.3 Å². The highest BCUT2D eigenvalue weighted by atomic mass is 32.2. The molecule has 154 valence electrons. The highest BCUT2D eigenvalue weighted by Gasteiger charge is 2.27. The average Bonchev–Trinajstić information content (AvgIpc) is 3.12. The van der Waals surface area contributed by atoms with Gasteiger partial charge in [-0.1, -0.05) is 60.3 Å². The van der Waals surface area contributed by atoms with Crippen molar-refractivity contribution in [1.82, 2.24) is 19.7 Å². The Morgan fingerprint density at radius 3 is 2.58 bits per heavy atom. The Hall–Kier alpha value is -3.45. The number of thioether (sulfide) groups is 1. The van der Waals surface area contributed by atoms with Gasteiger partial charge in [0.05, 0.1) is 11.8 Å². The first-order valence-corrected chi connectivity index (χ1v) is 11.1. The third-order valence-corrected chi connectivity index (χ3v) is 6.58. The van der Waals surface area contributed by atoms with Gasteiger partial charge in [0.2, 0.25) is 5.91 Å². The van der Waals surface area contributed by atoms with Crippen LogP contribution in [0.25, 0.3) is 11.4 Å². The van der Waals surface area contributed by atoms with Crippen LogP contribution in [0, 0.1) is 0 Å². The Balaban J connectivity index is 1.46. The van der Waals surface area contributed by atoms with Crippen LogP contribution in [-0.4, -0.2) is 30.9 Å². The molecule has 0 radical (unpaired) electrons. The Morgan fingerprint density at radius 2 is 1.74 bits per heavy atom. The van der Waals surface area contributed by atoms with Crippen LogP contribution in [0.5, 0.6) is 0 Å². The van der Waals surface area contributed by atoms with Gasteiger partial charge in [0, 0.05) is 23.6 Å². The number of nitrogens with zero attached hydrogens (tertiary/aromatic N) is 4. The molecule has 3 heterocycles. The van der Waals surface area contributed by atoms with Crippen molar-refractivity contribution in [2.45, 2.75) is 29.8 Å². The second kappa shape index (κ2) is 8.73. The lowest BCUT2D eigenvalue weighted by Gasteiger charge is -2.15. The molecule has 1 aliphatic heterocycles. The Bertz CT molecular complexity index is 1190. The van der Waals surface area contributed by atoms with Crippen LogP contribution in [0.15, 0.2) is 84.3 Å². The van der Waals surface area contributed by atoms with Crippen molar-refractivity contribution >= 4 is 23.4 Å². The minimum absolute atomic E-state index is 0.00896. The minimum Gasteiger partial charge on any atom is -0.325 e. The molecule has 7 heteroatoms. The number of para-hydroxylation sites is 1. The number of carbonyl (C=O) groups is 1. The molecule has 0 aliphatic carbocycles. The molecule has 0 bridgehead atoms. The quantitative estimate of drug-likeness (QED) is 0.510. The molecule has 5 rings (SSSR count). The van der Waals surface area contributed by atoms with E-state index >= 15 is 0 Å². The topological polar surface area (TPSA) is 72.7 Å². The van der Waals surface area contributed by atoms with Gasteiger partial charge in [-0.05, 0) is 42.2 Å². The molecule has 4 aromatic rings. The largest absolute Gasteiger partial charge is 0.325 e. The van der Waals surface area contributed by atoms with Crippen molar-refractivity contribution in [3.63, 3.8) is 0 Å². The number of hydrogen-bond acceptors (Lipinski definition) is 5. The summed E-state index contributed by atoms with van der Waals surface area (Å²) in [5, 5.41) is 12.5. The smallest absolute Gasteiger partial charge is 0.237 e. The summed E-state index contributed by atoms with van der Waals surface area (Å²) in [4.78, 5) is 17.0. The molecule has 31 heavy (non-hydrogen) atoms. The predicted molar refractivity (Wildman–Crippen MR) is 122 cm³/mol. The molecule has 1 amide bonds. The second-order valence-corrected chi connectivity index (χ2v) is 8.58. The number of anilines is 1. The molecular formula is C24H21N5OS. The monoisotopic (exact) mass is 427 g/mol. The van der Waals surface area contributed by atoms with E-state index in [1.807, 2.05) is 48.5 Å². The van der Waals surface area contributed by atoms with Crippen molar-refractivity contribution in [3.05, 3.63) is 90.3 Å². The van der Waals surface area contributed by atoms with Crippen LogP contribution in [0.1, 0.15) is 17.5 Å². The number of pyridine rings is 1. The van der Waals surface area contributed by atoms with E-state index in [0.717, 1.165) is 40.6 Å². The second-order valence-electron chi connectivity index (χ2n) is 7.41. The minimum atomic E-state index is -0.239. The van der Waals surface area contributed by atoms with E-state index in [9.17, 15) is 4.79 Å². The molecule has 0 spiro atoms. The van der Waals surface area contributed by atoms with E-state index < -0.39 is 0 Å². The van der Waals surface area contributed by atoms with Crippen molar-refractivity contribution < 1.29 is 4.79 Å². The van der Waals surface area contributed by atoms with Gasteiger partial charge >= 0.3 is 0 Å². The lowest BCUT2D eigenvalue weighted by atomic mass is 10.1. The normalized spacial score (nSPS) is 15.7. The third kappa shape index (κ3) is 4.22. The van der Waals surface area contributed by atoms with E-state index in [1.165, 1.54) is 17.3 Å². The van der Waals surface area contributed by atoms with Crippen LogP contribution >= 0.6 is 11.8 Å². The van der Waals surface area contributed by atoms with Crippen molar-refractivity contribution in [3.8, 4) is 11.4 Å². The Morgan fingerprint density at radius 1 is 0.968 bits per heavy atom. The lowest BCUT2D eigenvalue weighted by Crippen LogP contribution is -2.24. The first-order chi connectivity index (χ1) is 15.3. The van der Waals surface area contributed by atoms with Crippen LogP contribution in [0.3, 0.4) is 0 Å². The number of hydrogen-bond donors (Lipinski definition) is 1. The van der Waals surface area contributed by atoms with Gasteiger partial charge in [-0.25, -0.2) is 0 Å². The summed E-state index contributed by atoms with van der Waals surface area (Å²) in [5.74, 6) is 0.778. The fourth-order valence-corrected chi connectivity index (χ4v) is 4.75. The number of amides is 1. The van der Waals surface area contributed by atoms with Crippen molar-refractivity contribution in [2.75, 3.05) is 5.32 Å². The maximum Gasteiger partial charge on any atom is 0.237 e. The zero-order valence-electron chi connectivity index (χ0n) is 16.8. The fraction of sp³-hybridized carbons (Fsp3) is 0.167. The number of fused-ring (bicyclic) bond motifs is 1. The first-order valence-electron chi connectivity index (χ1n) is 10.2. The molecule has 0 saturated carbocycles. The number of rotatable bonds is 5. The number of aromatic nitrogens is 4. The van der Waals surface area contributed by atoms with Gasteiger partial charge in [-0.15, -0.1) is 10.2 Å². The number of nitrogens with one attached hydrogen (secondary N) is 1. The van der Waals surface area contributed by atoms with Gasteiger partial charge in [-0.3, -0.25) is 14.3 Å². The number of carbonyl (C=O) groups excluding carboxylic acids is 1. The highest BCUT2D eigenvalue weighted by Crippen LogP contribution is 2.33. The van der Waals surface area contributed by atoms with E-state index in [-0.39, 0.29) is 11.2 Å². The first kappa shape index (κ1) is 19.5. The van der Waals surface area contributed by atoms with E-state index in [0.29, 0.717) is 6.54 Å². The zero-order chi connectivity index (χ0) is 21.0. The summed E-state index contributed by atoms with van der Waals surface area (Å²) >= 11 is 1.48. The summed E-state index contributed by atoms with van der Waals surface area (Å²) in [6, 6.07) is 22.1. The standard InChI is InChI=1S/C24H21N5OS/c30-23-21(11-10-18-8-4-5-9-20(18)26-23)31-24-28-27-22(19-12-14-25-15-13-19)29(24)16-17-6-2-1-3-7-17/h1-9,12-15,21H,10-11,16H2,(H,26,30)/t21-/m1/s1. The summed E-state index contributed by atoms with van der Waals surface area (Å²) in [5.41, 5.74) is 4.17. The summed E-state index contributed by atoms with van der Waals surface area (Å²) in [7, 11) is 0. The summed E-state index contributed by atoms with van der Waals surface area (Å²) < 4.78 is 2.08. The molecule has 0 fully saturated rings. The molecule has 0 unspecified atom stereocenters. The van der Waals surface area contributed by atoms with Crippen LogP contribution in [-0.2, 0) is 17.8 Å². The maximum absolute atomic E-state index is 12.9. The van der Waals surface area contributed by atoms with Gasteiger partial charge in [0.1, 0.15) is 0 Å². The lowest BCUT2D eigenvalue weighted by molar-refractivity contribution is -0.115. The van der Waals surface area contributed by atoms with Crippen molar-refractivity contribution in [1.29, 1.82) is 0 Å². The summed E-state index contributed by atoms with van der Waals surface area (Å²) in [6.45, 7) is 0.627. The molecule has 1 N–H and O–H groups in total. The Kier molecular flexibility index (Phi) is 5.50. The highest BCUT2D eigenvalue weighted by molar-refractivity contribution is 8.00.